The summed E-state index contributed by atoms with van der Waals surface area (Å²) in [5, 5.41) is 11.3. The number of nitrogens with zero attached hydrogens (tertiary/aromatic N) is 3. The summed E-state index contributed by atoms with van der Waals surface area (Å²) in [5.74, 6) is 0.594. The van der Waals surface area contributed by atoms with E-state index in [0.29, 0.717) is 16.9 Å². The van der Waals surface area contributed by atoms with Crippen LogP contribution in [0.3, 0.4) is 0 Å². The molecule has 0 saturated carbocycles. The second-order valence-electron chi connectivity index (χ2n) is 13.4. The monoisotopic (exact) mass is 892 g/mol. The van der Waals surface area contributed by atoms with E-state index in [2.05, 4.69) is 67.6 Å². The third kappa shape index (κ3) is 6.94. The zero-order valence-corrected chi connectivity index (χ0v) is 32.1. The first-order valence-corrected chi connectivity index (χ1v) is 17.9. The van der Waals surface area contributed by atoms with Crippen LogP contribution in [0.15, 0.2) is 176 Å². The zero-order valence-electron chi connectivity index (χ0n) is 32.8. The number of phenolic OH excluding ortho intramolecular Hbond substituents is 1. The van der Waals surface area contributed by atoms with Gasteiger partial charge in [0.1, 0.15) is 11.6 Å². The molecule has 0 fully saturated rings. The Balaban J connectivity index is 0.00000469. The molecule has 2 aromatic heterocycles. The van der Waals surface area contributed by atoms with Gasteiger partial charge in [-0.15, -0.1) is 23.8 Å². The van der Waals surface area contributed by atoms with Crippen LogP contribution in [-0.2, 0) is 21.1 Å². The van der Waals surface area contributed by atoms with Crippen molar-refractivity contribution in [2.24, 2.45) is 0 Å². The van der Waals surface area contributed by atoms with Crippen molar-refractivity contribution < 1.29 is 30.3 Å². The van der Waals surface area contributed by atoms with E-state index in [1.54, 1.807) is 24.3 Å². The first-order chi connectivity index (χ1) is 27.7. The molecule has 0 atom stereocenters. The second-order valence-corrected chi connectivity index (χ2v) is 13.4. The van der Waals surface area contributed by atoms with Crippen LogP contribution >= 0.6 is 0 Å². The molecule has 1 N–H and O–H groups in total. The van der Waals surface area contributed by atoms with Crippen molar-refractivity contribution in [2.75, 3.05) is 0 Å². The van der Waals surface area contributed by atoms with E-state index in [4.69, 9.17) is 14.1 Å². The summed E-state index contributed by atoms with van der Waals surface area (Å²) in [6.07, 6.45) is 1.84. The van der Waals surface area contributed by atoms with Gasteiger partial charge in [-0.3, -0.25) is 9.55 Å². The van der Waals surface area contributed by atoms with Crippen molar-refractivity contribution in [3.8, 4) is 78.6 Å². The van der Waals surface area contributed by atoms with E-state index in [1.165, 1.54) is 5.56 Å². The molecule has 0 radical (unpaired) electrons. The van der Waals surface area contributed by atoms with Gasteiger partial charge in [0.15, 0.2) is 0 Å². The Kier molecular flexibility index (Phi) is 8.86. The normalized spacial score (nSPS) is 12.1. The van der Waals surface area contributed by atoms with Crippen LogP contribution in [0.5, 0.6) is 5.75 Å². The summed E-state index contributed by atoms with van der Waals surface area (Å²) in [5.41, 5.74) is 13.3. The number of aryl methyl sites for hydroxylation is 2. The zero-order chi connectivity index (χ0) is 39.1. The minimum Gasteiger partial charge on any atom is -0.507 e. The summed E-state index contributed by atoms with van der Waals surface area (Å²) in [6.45, 7) is -0.223. The molecule has 0 bridgehead atoms. The van der Waals surface area contributed by atoms with Crippen molar-refractivity contribution >= 4 is 11.0 Å². The van der Waals surface area contributed by atoms with Gasteiger partial charge in [-0.25, -0.2) is 4.98 Å². The maximum atomic E-state index is 11.3. The Morgan fingerprint density at radius 3 is 2.00 bits per heavy atom. The van der Waals surface area contributed by atoms with Crippen molar-refractivity contribution in [2.45, 2.75) is 13.8 Å². The number of aromatic nitrogens is 3. The third-order valence-corrected chi connectivity index (χ3v) is 9.84. The molecule has 9 aromatic rings. The maximum absolute atomic E-state index is 11.3. The van der Waals surface area contributed by atoms with Crippen LogP contribution in [-0.4, -0.2) is 19.6 Å². The molecule has 0 unspecified atom stereocenters. The topological polar surface area (TPSA) is 50.9 Å². The number of fused-ring (bicyclic) bond motifs is 1. The predicted octanol–water partition coefficient (Wildman–Crippen LogP) is 12.5. The predicted molar refractivity (Wildman–Crippen MR) is 221 cm³/mol. The van der Waals surface area contributed by atoms with Crippen molar-refractivity contribution in [3.63, 3.8) is 0 Å². The maximum Gasteiger partial charge on any atom is 0.148 e. The fourth-order valence-electron chi connectivity index (χ4n) is 7.14. The molecule has 0 saturated heterocycles. The average Bonchev–Trinajstić information content (AvgIpc) is 3.63. The molecular formula is C50H36N3OPt-. The molecule has 5 heteroatoms. The Bertz CT molecular complexity index is 2910. The molecule has 7 aromatic carbocycles. The number of hydrogen-bond donors (Lipinski definition) is 1. The Morgan fingerprint density at radius 2 is 1.24 bits per heavy atom. The molecule has 2 heterocycles. The van der Waals surface area contributed by atoms with Gasteiger partial charge in [0.25, 0.3) is 0 Å². The third-order valence-electron chi connectivity index (χ3n) is 9.84. The number of para-hydroxylation sites is 2. The smallest absolute Gasteiger partial charge is 0.148 e. The minimum atomic E-state index is -2.31. The SMILES string of the molecule is [2H]C([2H])([2H])c1ccc(-n2c(-c3ccccc3O)nc3c(-c4[c-]c(-c5cc(-c6ccc(C)cc6)ccn5)cc(-c5ccccc5)c4)cccc32)c(-c2ccccc2)c1.[Pt]. The van der Waals surface area contributed by atoms with E-state index in [-0.39, 0.29) is 32.4 Å². The number of benzene rings is 7. The van der Waals surface area contributed by atoms with Crippen LogP contribution in [0, 0.1) is 19.8 Å². The molecule has 0 spiro atoms. The summed E-state index contributed by atoms with van der Waals surface area (Å²) in [4.78, 5) is 10.2. The van der Waals surface area contributed by atoms with E-state index >= 15 is 0 Å². The van der Waals surface area contributed by atoms with Gasteiger partial charge < -0.3 is 5.11 Å². The number of pyridine rings is 1. The van der Waals surface area contributed by atoms with E-state index in [0.717, 1.165) is 67.0 Å². The molecule has 0 aliphatic rings. The fraction of sp³-hybridized carbons (Fsp3) is 0.0400. The number of phenols is 1. The van der Waals surface area contributed by atoms with E-state index in [1.807, 2.05) is 102 Å². The van der Waals surface area contributed by atoms with Crippen molar-refractivity contribution in [1.29, 1.82) is 0 Å². The fourth-order valence-corrected chi connectivity index (χ4v) is 7.14. The number of imidazole rings is 1. The van der Waals surface area contributed by atoms with Crippen LogP contribution in [0.2, 0.25) is 0 Å². The Hall–Kier alpha value is -6.35. The molecule has 9 rings (SSSR count). The Morgan fingerprint density at radius 1 is 0.564 bits per heavy atom. The largest absolute Gasteiger partial charge is 0.507 e. The average molecular weight is 893 g/mol. The van der Waals surface area contributed by atoms with Gasteiger partial charge in [0.05, 0.1) is 22.3 Å². The summed E-state index contributed by atoms with van der Waals surface area (Å²) >= 11 is 0. The van der Waals surface area contributed by atoms with Gasteiger partial charge in [-0.05, 0) is 72.4 Å². The quantitative estimate of drug-likeness (QED) is 0.162. The molecule has 0 aliphatic carbocycles. The summed E-state index contributed by atoms with van der Waals surface area (Å²) in [7, 11) is 0. The van der Waals surface area contributed by atoms with E-state index in [9.17, 15) is 5.11 Å². The standard InChI is InChI=1S/C50H36N3O.Pt/c1-33-20-23-36(24-21-33)38-26-27-51-45(32-38)41-30-39(35-12-5-3-6-13-35)29-40(31-41)42-17-11-18-47-49(42)52-50(43-16-9-10-19-48(43)54)53(47)46-25-22-34(2)28-44(46)37-14-7-4-8-15-37;/h3-30,32,54H,1-2H3;/q-1;/i2D3;. The van der Waals surface area contributed by atoms with Crippen LogP contribution < -0.4 is 0 Å². The molecule has 268 valence electrons. The van der Waals surface area contributed by atoms with Crippen molar-refractivity contribution in [3.05, 3.63) is 193 Å². The number of rotatable bonds is 7. The first kappa shape index (κ1) is 32.1. The molecular weight excluding hydrogens is 854 g/mol. The first-order valence-electron chi connectivity index (χ1n) is 19.4. The number of aromatic hydroxyl groups is 1. The van der Waals surface area contributed by atoms with Gasteiger partial charge in [0, 0.05) is 42.6 Å². The van der Waals surface area contributed by atoms with Gasteiger partial charge in [-0.2, -0.15) is 0 Å². The van der Waals surface area contributed by atoms with Gasteiger partial charge >= 0.3 is 0 Å². The molecule has 0 aliphatic heterocycles. The van der Waals surface area contributed by atoms with Gasteiger partial charge in [0.2, 0.25) is 0 Å². The summed E-state index contributed by atoms with van der Waals surface area (Å²) < 4.78 is 26.7. The van der Waals surface area contributed by atoms with Gasteiger partial charge in [-0.1, -0.05) is 149 Å². The van der Waals surface area contributed by atoms with E-state index < -0.39 is 6.85 Å². The number of hydrogen-bond acceptors (Lipinski definition) is 3. The summed E-state index contributed by atoms with van der Waals surface area (Å²) in [6, 6.07) is 59.1. The molecule has 55 heavy (non-hydrogen) atoms. The van der Waals surface area contributed by atoms with Crippen LogP contribution in [0.25, 0.3) is 83.9 Å². The van der Waals surface area contributed by atoms with Crippen molar-refractivity contribution in [1.82, 2.24) is 14.5 Å². The molecule has 0 amide bonds. The minimum absolute atomic E-state index is 0. The van der Waals surface area contributed by atoms with Crippen LogP contribution in [0.4, 0.5) is 0 Å². The second kappa shape index (κ2) is 15.2. The Labute approximate surface area is 339 Å². The van der Waals surface area contributed by atoms with Crippen LogP contribution in [0.1, 0.15) is 15.2 Å². The molecule has 4 nitrogen and oxygen atoms in total.